The summed E-state index contributed by atoms with van der Waals surface area (Å²) < 4.78 is 47.4. The third-order valence-corrected chi connectivity index (χ3v) is 10.5. The highest BCUT2D eigenvalue weighted by molar-refractivity contribution is 7.84. The number of halogens is 3. The van der Waals surface area contributed by atoms with E-state index in [1.807, 2.05) is 42.5 Å². The molecule has 4 nitrogen and oxygen atoms in total. The molecule has 1 fully saturated rings. The van der Waals surface area contributed by atoms with Gasteiger partial charge in [-0.3, -0.25) is 4.79 Å². The van der Waals surface area contributed by atoms with Gasteiger partial charge in [-0.1, -0.05) is 36.7 Å². The summed E-state index contributed by atoms with van der Waals surface area (Å²) in [5, 5.41) is -0.116. The van der Waals surface area contributed by atoms with Crippen LogP contribution in [-0.2, 0) is 21.6 Å². The van der Waals surface area contributed by atoms with Gasteiger partial charge in [0.1, 0.15) is 39.3 Å². The molecule has 1 saturated carbocycles. The van der Waals surface area contributed by atoms with Gasteiger partial charge in [0, 0.05) is 23.7 Å². The molecule has 0 saturated heterocycles. The Hall–Kier alpha value is -2.81. The second-order valence-corrected chi connectivity index (χ2v) is 13.2. The number of hydrogen-bond acceptors (Lipinski definition) is 4. The van der Waals surface area contributed by atoms with Crippen molar-refractivity contribution in [3.8, 4) is 16.9 Å². The maximum Gasteiger partial charge on any atom is 0.266 e. The summed E-state index contributed by atoms with van der Waals surface area (Å²) in [6.45, 7) is 2.43. The Bertz CT molecular complexity index is 1600. The van der Waals surface area contributed by atoms with Gasteiger partial charge in [-0.25, -0.2) is 8.78 Å². The molecule has 4 aromatic rings. The van der Waals surface area contributed by atoms with Crippen LogP contribution >= 0.6 is 22.9 Å². The number of hydrogen-bond donors (Lipinski definition) is 0. The first kappa shape index (κ1) is 28.7. The highest BCUT2D eigenvalue weighted by Gasteiger charge is 2.32. The Morgan fingerprint density at radius 3 is 2.45 bits per heavy atom. The normalized spacial score (nSPS) is 18.1. The third-order valence-electron chi connectivity index (χ3n) is 7.74. The molecule has 9 heteroatoms. The Labute approximate surface area is 244 Å². The van der Waals surface area contributed by atoms with Crippen molar-refractivity contribution < 1.29 is 22.5 Å². The summed E-state index contributed by atoms with van der Waals surface area (Å²) in [4.78, 5) is 16.8. The van der Waals surface area contributed by atoms with Crippen molar-refractivity contribution in [1.82, 2.24) is 4.90 Å². The fraction of sp³-hybridized carbons (Fsp3) is 0.323. The van der Waals surface area contributed by atoms with Gasteiger partial charge in [-0.15, -0.1) is 15.5 Å². The van der Waals surface area contributed by atoms with Crippen LogP contribution in [0.2, 0.25) is 5.02 Å². The van der Waals surface area contributed by atoms with Crippen LogP contribution in [0.1, 0.15) is 47.8 Å². The first-order chi connectivity index (χ1) is 19.2. The zero-order chi connectivity index (χ0) is 28.6. The van der Waals surface area contributed by atoms with E-state index < -0.39 is 22.4 Å². The monoisotopic (exact) mass is 602 g/mol. The lowest BCUT2D eigenvalue weighted by Crippen LogP contribution is -2.41. The third kappa shape index (κ3) is 5.54. The van der Waals surface area contributed by atoms with E-state index in [-0.39, 0.29) is 38.5 Å². The lowest BCUT2D eigenvalue weighted by Gasteiger charge is -2.36. The minimum absolute atomic E-state index is 0.0374. The molecule has 1 aliphatic rings. The van der Waals surface area contributed by atoms with E-state index in [1.54, 1.807) is 18.3 Å². The molecule has 1 unspecified atom stereocenters. The van der Waals surface area contributed by atoms with E-state index in [1.165, 1.54) is 0 Å². The number of fused-ring (bicyclic) bond motifs is 1. The van der Waals surface area contributed by atoms with E-state index in [2.05, 4.69) is 6.92 Å². The molecular formula is C31H31ClF2NO3S2+. The number of amides is 1. The van der Waals surface area contributed by atoms with Crippen molar-refractivity contribution in [2.24, 2.45) is 5.92 Å². The van der Waals surface area contributed by atoms with Crippen molar-refractivity contribution in [3.63, 3.8) is 0 Å². The Balaban J connectivity index is 1.59. The van der Waals surface area contributed by atoms with Gasteiger partial charge in [0.2, 0.25) is 0 Å². The minimum Gasteiger partial charge on any atom is -0.496 e. The van der Waals surface area contributed by atoms with Crippen molar-refractivity contribution in [2.45, 2.75) is 50.1 Å². The van der Waals surface area contributed by atoms with Gasteiger partial charge in [0.05, 0.1) is 22.2 Å². The van der Waals surface area contributed by atoms with Crippen molar-refractivity contribution >= 4 is 49.7 Å². The molecule has 1 aliphatic carbocycles. The van der Waals surface area contributed by atoms with Gasteiger partial charge >= 0.3 is 0 Å². The second kappa shape index (κ2) is 12.0. The average molecular weight is 603 g/mol. The van der Waals surface area contributed by atoms with Crippen LogP contribution in [0.5, 0.6) is 5.75 Å². The van der Waals surface area contributed by atoms with E-state index in [9.17, 15) is 17.8 Å². The van der Waals surface area contributed by atoms with Crippen LogP contribution < -0.4 is 4.74 Å². The number of nitrogens with zero attached hydrogens (tertiary/aromatic N) is 1. The minimum atomic E-state index is -1.57. The summed E-state index contributed by atoms with van der Waals surface area (Å²) in [6, 6.07) is 15.3. The van der Waals surface area contributed by atoms with Crippen molar-refractivity contribution in [3.05, 3.63) is 81.7 Å². The van der Waals surface area contributed by atoms with Crippen LogP contribution in [-0.4, -0.2) is 30.2 Å². The van der Waals surface area contributed by atoms with E-state index in [0.717, 1.165) is 70.7 Å². The highest BCUT2D eigenvalue weighted by Crippen LogP contribution is 2.41. The average Bonchev–Trinajstić information content (AvgIpc) is 3.32. The fourth-order valence-corrected chi connectivity index (χ4v) is 7.88. The molecule has 3 aromatic carbocycles. The molecule has 1 aromatic heterocycles. The number of carbonyl (C=O) groups is 1. The molecule has 210 valence electrons. The van der Waals surface area contributed by atoms with Gasteiger partial charge < -0.3 is 9.64 Å². The van der Waals surface area contributed by atoms with E-state index in [0.29, 0.717) is 11.7 Å². The first-order valence-corrected chi connectivity index (χ1v) is 16.1. The zero-order valence-corrected chi connectivity index (χ0v) is 25.0. The lowest BCUT2D eigenvalue weighted by molar-refractivity contribution is 0.0597. The van der Waals surface area contributed by atoms with Gasteiger partial charge in [0.25, 0.3) is 5.91 Å². The Kier molecular flexibility index (Phi) is 8.59. The summed E-state index contributed by atoms with van der Waals surface area (Å²) in [6.07, 6.45) is 5.28. The summed E-state index contributed by atoms with van der Waals surface area (Å²) >= 11 is 7.44. The van der Waals surface area contributed by atoms with Crippen LogP contribution in [0.4, 0.5) is 8.78 Å². The van der Waals surface area contributed by atoms with E-state index in [4.69, 9.17) is 16.3 Å². The largest absolute Gasteiger partial charge is 0.496 e. The topological polar surface area (TPSA) is 46.6 Å². The molecule has 0 spiro atoms. The number of thiophene rings is 1. The predicted octanol–water partition coefficient (Wildman–Crippen LogP) is 8.41. The number of thiol groups is 1. The summed E-state index contributed by atoms with van der Waals surface area (Å²) in [5.41, 5.74) is 2.51. The van der Waals surface area contributed by atoms with Gasteiger partial charge in [-0.05, 0) is 73.6 Å². The predicted molar refractivity (Wildman–Crippen MR) is 160 cm³/mol. The molecule has 0 N–H and O–H groups in total. The quantitative estimate of drug-likeness (QED) is 0.158. The van der Waals surface area contributed by atoms with Crippen LogP contribution in [0.25, 0.3) is 21.2 Å². The molecule has 40 heavy (non-hydrogen) atoms. The Morgan fingerprint density at radius 1 is 1.07 bits per heavy atom. The maximum atomic E-state index is 14.6. The SMILES string of the molecule is COc1ccc(-c2ccccc2[SH+](C)=O)cc1CN(C(=O)c1sc2c(F)ccc(F)c2c1Cl)C1CCC(C)CC1. The van der Waals surface area contributed by atoms with Gasteiger partial charge in [-0.2, -0.15) is 0 Å². The van der Waals surface area contributed by atoms with Crippen molar-refractivity contribution in [1.29, 1.82) is 0 Å². The number of rotatable bonds is 7. The maximum absolute atomic E-state index is 14.6. The number of methoxy groups -OCH3 is 1. The molecule has 0 bridgehead atoms. The molecular weight excluding hydrogens is 572 g/mol. The first-order valence-electron chi connectivity index (χ1n) is 13.2. The standard InChI is InChI=1S/C31H30ClF2NO3S2/c1-18-8-11-21(12-9-18)35(31(36)30-28(32)27-23(33)13-14-24(34)29(27)39-30)17-20-16-19(10-15-25(20)38-2)22-6-4-5-7-26(22)40(3)37/h4-7,10,13-16,18,21H,8-9,11-12,17H2,1-3H3/p+1. The molecule has 1 atom stereocenters. The number of carbonyl (C=O) groups excluding carboxylic acids is 1. The van der Waals surface area contributed by atoms with Crippen LogP contribution in [0, 0.1) is 17.6 Å². The molecule has 5 rings (SSSR count). The van der Waals surface area contributed by atoms with Crippen LogP contribution in [0.3, 0.4) is 0 Å². The summed E-state index contributed by atoms with van der Waals surface area (Å²) in [5.74, 6) is -0.438. The number of ether oxygens (including phenoxy) is 1. The smallest absolute Gasteiger partial charge is 0.266 e. The molecule has 1 heterocycles. The van der Waals surface area contributed by atoms with E-state index >= 15 is 0 Å². The lowest BCUT2D eigenvalue weighted by atomic mass is 9.86. The highest BCUT2D eigenvalue weighted by atomic mass is 35.5. The van der Waals surface area contributed by atoms with Crippen LogP contribution in [0.15, 0.2) is 59.5 Å². The fourth-order valence-electron chi connectivity index (χ4n) is 5.53. The molecule has 0 radical (unpaired) electrons. The van der Waals surface area contributed by atoms with Gasteiger partial charge in [0.15, 0.2) is 4.90 Å². The van der Waals surface area contributed by atoms with Crippen molar-refractivity contribution in [2.75, 3.05) is 13.4 Å². The molecule has 0 aliphatic heterocycles. The second-order valence-electron chi connectivity index (χ2n) is 10.4. The Morgan fingerprint density at radius 2 is 1.77 bits per heavy atom. The number of benzene rings is 3. The zero-order valence-electron chi connectivity index (χ0n) is 22.5. The molecule has 1 amide bonds. The summed E-state index contributed by atoms with van der Waals surface area (Å²) in [7, 11) is 0.00902.